The molecule has 18 heavy (non-hydrogen) atoms. The third-order valence-corrected chi connectivity index (χ3v) is 3.51. The molecule has 5 nitrogen and oxygen atoms in total. The molecular formula is C12H17ClN4O. The normalized spacial score (nSPS) is 17.0. The van der Waals surface area contributed by atoms with Gasteiger partial charge in [-0.1, -0.05) is 11.6 Å². The fourth-order valence-corrected chi connectivity index (χ4v) is 2.26. The molecule has 0 unspecified atom stereocenters. The third kappa shape index (κ3) is 2.56. The molecule has 0 aliphatic carbocycles. The summed E-state index contributed by atoms with van der Waals surface area (Å²) in [5.74, 6) is 1.51. The molecule has 1 aromatic rings. The summed E-state index contributed by atoms with van der Waals surface area (Å²) in [5, 5.41) is 0.461. The van der Waals surface area contributed by atoms with Crippen LogP contribution in [0.15, 0.2) is 0 Å². The van der Waals surface area contributed by atoms with Crippen molar-refractivity contribution >= 4 is 23.3 Å². The molecule has 1 amide bonds. The Hall–Kier alpha value is -1.36. The zero-order valence-electron chi connectivity index (χ0n) is 10.9. The summed E-state index contributed by atoms with van der Waals surface area (Å²) in [5.41, 5.74) is 0.833. The average molecular weight is 269 g/mol. The number of aryl methyl sites for hydroxylation is 1. The molecule has 2 heterocycles. The number of hydrogen-bond donors (Lipinski definition) is 0. The van der Waals surface area contributed by atoms with Gasteiger partial charge in [-0.2, -0.15) is 0 Å². The van der Waals surface area contributed by atoms with Gasteiger partial charge < -0.3 is 9.80 Å². The number of nitrogens with zero attached hydrogens (tertiary/aromatic N) is 4. The second-order valence-corrected chi connectivity index (χ2v) is 4.96. The van der Waals surface area contributed by atoms with Crippen LogP contribution in [0.2, 0.25) is 5.15 Å². The van der Waals surface area contributed by atoms with Crippen LogP contribution in [0.1, 0.15) is 17.8 Å². The van der Waals surface area contributed by atoms with E-state index in [2.05, 4.69) is 9.97 Å². The number of hydrogen-bond acceptors (Lipinski definition) is 4. The lowest BCUT2D eigenvalue weighted by Crippen LogP contribution is -2.35. The maximum atomic E-state index is 11.9. The van der Waals surface area contributed by atoms with E-state index in [0.29, 0.717) is 17.5 Å². The lowest BCUT2D eigenvalue weighted by Gasteiger charge is -2.23. The first-order chi connectivity index (χ1) is 8.49. The van der Waals surface area contributed by atoms with E-state index in [-0.39, 0.29) is 5.91 Å². The quantitative estimate of drug-likeness (QED) is 0.723. The zero-order valence-corrected chi connectivity index (χ0v) is 11.7. The number of carbonyl (C=O) groups is 1. The molecule has 1 aliphatic heterocycles. The van der Waals surface area contributed by atoms with Crippen LogP contribution in [0.3, 0.4) is 0 Å². The predicted octanol–water partition coefficient (Wildman–Crippen LogP) is 1.42. The molecule has 6 heteroatoms. The van der Waals surface area contributed by atoms with Gasteiger partial charge in [-0.05, 0) is 20.3 Å². The Bertz CT molecular complexity index is 477. The molecule has 0 bridgehead atoms. The van der Waals surface area contributed by atoms with E-state index in [1.165, 1.54) is 0 Å². The Kier molecular flexibility index (Phi) is 3.71. The molecule has 1 aliphatic rings. The molecule has 2 rings (SSSR count). The van der Waals surface area contributed by atoms with Crippen LogP contribution in [0.4, 0.5) is 5.82 Å². The average Bonchev–Trinajstić information content (AvgIpc) is 2.47. The molecule has 0 radical (unpaired) electrons. The Balaban J connectivity index is 2.33. The van der Waals surface area contributed by atoms with E-state index in [1.807, 2.05) is 18.9 Å². The van der Waals surface area contributed by atoms with E-state index in [4.69, 9.17) is 11.6 Å². The van der Waals surface area contributed by atoms with Crippen molar-refractivity contribution in [2.75, 3.05) is 31.6 Å². The van der Waals surface area contributed by atoms with Crippen molar-refractivity contribution in [3.05, 3.63) is 16.5 Å². The van der Waals surface area contributed by atoms with Gasteiger partial charge in [-0.3, -0.25) is 4.79 Å². The van der Waals surface area contributed by atoms with Gasteiger partial charge in [-0.25, -0.2) is 9.97 Å². The van der Waals surface area contributed by atoms with Gasteiger partial charge in [0.15, 0.2) is 0 Å². The second-order valence-electron chi connectivity index (χ2n) is 4.60. The van der Waals surface area contributed by atoms with E-state index in [9.17, 15) is 4.79 Å². The van der Waals surface area contributed by atoms with Crippen LogP contribution >= 0.6 is 11.6 Å². The number of aromatic nitrogens is 2. The Labute approximate surface area is 112 Å². The molecular weight excluding hydrogens is 252 g/mol. The first-order valence-electron chi connectivity index (χ1n) is 5.98. The van der Waals surface area contributed by atoms with E-state index >= 15 is 0 Å². The molecule has 0 N–H and O–H groups in total. The van der Waals surface area contributed by atoms with Gasteiger partial charge in [0.2, 0.25) is 5.91 Å². The Morgan fingerprint density at radius 1 is 1.22 bits per heavy atom. The van der Waals surface area contributed by atoms with E-state index in [1.54, 1.807) is 11.8 Å². The maximum absolute atomic E-state index is 11.9. The fourth-order valence-electron chi connectivity index (χ4n) is 2.06. The van der Waals surface area contributed by atoms with Crippen molar-refractivity contribution in [1.29, 1.82) is 0 Å². The summed E-state index contributed by atoms with van der Waals surface area (Å²) in [6.07, 6.45) is 0.933. The lowest BCUT2D eigenvalue weighted by molar-refractivity contribution is -0.127. The van der Waals surface area contributed by atoms with Crippen molar-refractivity contribution in [3.8, 4) is 0 Å². The number of rotatable bonds is 1. The van der Waals surface area contributed by atoms with Crippen molar-refractivity contribution in [3.63, 3.8) is 0 Å². The highest BCUT2D eigenvalue weighted by atomic mass is 35.5. The fraction of sp³-hybridized carbons (Fsp3) is 0.583. The molecule has 0 aromatic carbocycles. The molecule has 1 saturated heterocycles. The number of halogens is 1. The first kappa shape index (κ1) is 13.1. The minimum atomic E-state index is 0.110. The van der Waals surface area contributed by atoms with Crippen molar-refractivity contribution in [1.82, 2.24) is 14.9 Å². The van der Waals surface area contributed by atoms with Crippen LogP contribution in [0.5, 0.6) is 0 Å². The first-order valence-corrected chi connectivity index (χ1v) is 6.36. The largest absolute Gasteiger partial charge is 0.347 e. The minimum absolute atomic E-state index is 0.110. The van der Waals surface area contributed by atoms with Gasteiger partial charge in [0.1, 0.15) is 16.8 Å². The van der Waals surface area contributed by atoms with E-state index < -0.39 is 0 Å². The van der Waals surface area contributed by atoms with E-state index in [0.717, 1.165) is 30.9 Å². The molecule has 0 spiro atoms. The highest BCUT2D eigenvalue weighted by molar-refractivity contribution is 6.30. The predicted molar refractivity (Wildman–Crippen MR) is 71.0 cm³/mol. The summed E-state index contributed by atoms with van der Waals surface area (Å²) >= 11 is 6.07. The summed E-state index contributed by atoms with van der Waals surface area (Å²) in [6.45, 7) is 5.64. The van der Waals surface area contributed by atoms with Gasteiger partial charge in [-0.15, -0.1) is 0 Å². The SMILES string of the molecule is Cc1nc(Cl)c(C)c(N2CCCN(C)C(=O)C2)n1. The second kappa shape index (κ2) is 5.10. The zero-order chi connectivity index (χ0) is 13.3. The highest BCUT2D eigenvalue weighted by Crippen LogP contribution is 2.24. The highest BCUT2D eigenvalue weighted by Gasteiger charge is 2.22. The van der Waals surface area contributed by atoms with Crippen LogP contribution in [0.25, 0.3) is 0 Å². The number of carbonyl (C=O) groups excluding carboxylic acids is 1. The van der Waals surface area contributed by atoms with Crippen molar-refractivity contribution in [2.24, 2.45) is 0 Å². The monoisotopic (exact) mass is 268 g/mol. The van der Waals surface area contributed by atoms with Gasteiger partial charge in [0, 0.05) is 25.7 Å². The molecule has 0 atom stereocenters. The maximum Gasteiger partial charge on any atom is 0.241 e. The van der Waals surface area contributed by atoms with Crippen LogP contribution in [-0.2, 0) is 4.79 Å². The number of anilines is 1. The van der Waals surface area contributed by atoms with Crippen molar-refractivity contribution < 1.29 is 4.79 Å². The van der Waals surface area contributed by atoms with Crippen LogP contribution < -0.4 is 4.90 Å². The number of likely N-dealkylation sites (N-methyl/N-ethyl adjacent to an activating group) is 1. The van der Waals surface area contributed by atoms with Crippen molar-refractivity contribution in [2.45, 2.75) is 20.3 Å². The summed E-state index contributed by atoms with van der Waals surface area (Å²) < 4.78 is 0. The lowest BCUT2D eigenvalue weighted by atomic mass is 10.3. The third-order valence-electron chi connectivity index (χ3n) is 3.15. The number of amides is 1. The molecule has 0 saturated carbocycles. The van der Waals surface area contributed by atoms with Crippen LogP contribution in [-0.4, -0.2) is 47.5 Å². The molecule has 1 fully saturated rings. The molecule has 1 aromatic heterocycles. The Morgan fingerprint density at radius 3 is 2.67 bits per heavy atom. The topological polar surface area (TPSA) is 49.3 Å². The van der Waals surface area contributed by atoms with Crippen LogP contribution in [0, 0.1) is 13.8 Å². The summed E-state index contributed by atoms with van der Waals surface area (Å²) in [4.78, 5) is 24.2. The molecule has 98 valence electrons. The van der Waals surface area contributed by atoms with Gasteiger partial charge in [0.25, 0.3) is 0 Å². The minimum Gasteiger partial charge on any atom is -0.347 e. The summed E-state index contributed by atoms with van der Waals surface area (Å²) in [6, 6.07) is 0. The van der Waals surface area contributed by atoms with Gasteiger partial charge in [0.05, 0.1) is 6.54 Å². The van der Waals surface area contributed by atoms with Gasteiger partial charge >= 0.3 is 0 Å². The standard InChI is InChI=1S/C12H17ClN4O/c1-8-11(13)14-9(2)15-12(8)17-6-4-5-16(3)10(18)7-17/h4-7H2,1-3H3. The summed E-state index contributed by atoms with van der Waals surface area (Å²) in [7, 11) is 1.83. The smallest absolute Gasteiger partial charge is 0.241 e. The Morgan fingerprint density at radius 2 is 1.94 bits per heavy atom.